The third kappa shape index (κ3) is 1.11. The lowest BCUT2D eigenvalue weighted by molar-refractivity contribution is 0.0516. The van der Waals surface area contributed by atoms with Gasteiger partial charge in [0.1, 0.15) is 0 Å². The van der Waals surface area contributed by atoms with Gasteiger partial charge in [-0.15, -0.1) is 0 Å². The normalized spacial score (nSPS) is 41.3. The molecule has 1 aliphatic rings. The zero-order valence-corrected chi connectivity index (χ0v) is 6.52. The van der Waals surface area contributed by atoms with Gasteiger partial charge in [0.2, 0.25) is 0 Å². The third-order valence-corrected chi connectivity index (χ3v) is 2.58. The van der Waals surface area contributed by atoms with E-state index in [0.717, 1.165) is 0 Å². The molecule has 1 heteroatoms. The summed E-state index contributed by atoms with van der Waals surface area (Å²) in [6.45, 7) is 6.40. The minimum atomic E-state index is -0.0718. The number of rotatable bonds is 0. The van der Waals surface area contributed by atoms with E-state index in [9.17, 15) is 5.11 Å². The van der Waals surface area contributed by atoms with Gasteiger partial charge in [0.15, 0.2) is 0 Å². The summed E-state index contributed by atoms with van der Waals surface area (Å²) in [6, 6.07) is 0. The minimum absolute atomic E-state index is 0.0718. The lowest BCUT2D eigenvalue weighted by Gasteiger charge is -2.23. The molecule has 0 amide bonds. The Morgan fingerprint density at radius 1 is 1.44 bits per heavy atom. The van der Waals surface area contributed by atoms with Crippen LogP contribution >= 0.6 is 0 Å². The average molecular weight is 128 g/mol. The van der Waals surface area contributed by atoms with Crippen LogP contribution in [-0.4, -0.2) is 11.2 Å². The second-order valence-electron chi connectivity index (χ2n) is 3.95. The van der Waals surface area contributed by atoms with Gasteiger partial charge in [0.25, 0.3) is 0 Å². The summed E-state index contributed by atoms with van der Waals surface area (Å²) in [5.74, 6) is 0.514. The van der Waals surface area contributed by atoms with Crippen LogP contribution in [0.3, 0.4) is 0 Å². The van der Waals surface area contributed by atoms with Gasteiger partial charge in [-0.1, -0.05) is 20.8 Å². The molecule has 0 aromatic carbocycles. The molecular formula is C8H16O. The zero-order chi connectivity index (χ0) is 7.07. The van der Waals surface area contributed by atoms with E-state index < -0.39 is 0 Å². The maximum atomic E-state index is 9.53. The highest BCUT2D eigenvalue weighted by atomic mass is 16.3. The van der Waals surface area contributed by atoms with Crippen LogP contribution in [0.25, 0.3) is 0 Å². The minimum Gasteiger partial charge on any atom is -0.392 e. The summed E-state index contributed by atoms with van der Waals surface area (Å²) in [5.41, 5.74) is 0.180. The summed E-state index contributed by atoms with van der Waals surface area (Å²) in [4.78, 5) is 0. The van der Waals surface area contributed by atoms with Crippen LogP contribution in [0.4, 0.5) is 0 Å². The van der Waals surface area contributed by atoms with Crippen molar-refractivity contribution in [3.8, 4) is 0 Å². The van der Waals surface area contributed by atoms with Crippen LogP contribution in [0, 0.1) is 11.3 Å². The molecule has 54 valence electrons. The molecule has 9 heavy (non-hydrogen) atoms. The Kier molecular flexibility index (Phi) is 1.55. The molecule has 1 fully saturated rings. The highest BCUT2D eigenvalue weighted by molar-refractivity contribution is 4.88. The highest BCUT2D eigenvalue weighted by Gasteiger charge is 2.37. The molecular weight excluding hydrogens is 112 g/mol. The van der Waals surface area contributed by atoms with Crippen molar-refractivity contribution in [1.29, 1.82) is 0 Å². The Morgan fingerprint density at radius 2 is 2.00 bits per heavy atom. The monoisotopic (exact) mass is 128 g/mol. The Morgan fingerprint density at radius 3 is 2.11 bits per heavy atom. The standard InChI is InChI=1S/C8H16O/c1-6-4-5-8(2,3)7(6)9/h6-7,9H,4-5H2,1-3H3/t6-,7+/m1/s1. The van der Waals surface area contributed by atoms with E-state index in [1.165, 1.54) is 12.8 Å². The largest absolute Gasteiger partial charge is 0.392 e. The zero-order valence-electron chi connectivity index (χ0n) is 6.52. The Labute approximate surface area is 57.1 Å². The van der Waals surface area contributed by atoms with Crippen LogP contribution in [-0.2, 0) is 0 Å². The first kappa shape index (κ1) is 7.07. The Hall–Kier alpha value is -0.0400. The first-order valence-corrected chi connectivity index (χ1v) is 3.72. The molecule has 1 rings (SSSR count). The van der Waals surface area contributed by atoms with Crippen molar-refractivity contribution in [3.05, 3.63) is 0 Å². The number of hydrogen-bond donors (Lipinski definition) is 1. The average Bonchev–Trinajstić information content (AvgIpc) is 1.97. The SMILES string of the molecule is C[C@@H]1CCC(C)(C)[C@H]1O. The molecule has 1 nitrogen and oxygen atoms in total. The second kappa shape index (κ2) is 1.98. The molecule has 0 aliphatic heterocycles. The molecule has 0 spiro atoms. The molecule has 0 aromatic rings. The predicted molar refractivity (Wildman–Crippen MR) is 38.2 cm³/mol. The van der Waals surface area contributed by atoms with E-state index in [-0.39, 0.29) is 11.5 Å². The number of aliphatic hydroxyl groups excluding tert-OH is 1. The summed E-state index contributed by atoms with van der Waals surface area (Å²) < 4.78 is 0. The van der Waals surface area contributed by atoms with Crippen molar-refractivity contribution in [3.63, 3.8) is 0 Å². The fourth-order valence-corrected chi connectivity index (χ4v) is 1.68. The number of aliphatic hydroxyl groups is 1. The molecule has 1 aliphatic carbocycles. The highest BCUT2D eigenvalue weighted by Crippen LogP contribution is 2.40. The van der Waals surface area contributed by atoms with Crippen molar-refractivity contribution >= 4 is 0 Å². The summed E-state index contributed by atoms with van der Waals surface area (Å²) in [6.07, 6.45) is 2.29. The number of hydrogen-bond acceptors (Lipinski definition) is 1. The Bertz CT molecular complexity index is 107. The van der Waals surface area contributed by atoms with Gasteiger partial charge in [-0.25, -0.2) is 0 Å². The second-order valence-corrected chi connectivity index (χ2v) is 3.95. The van der Waals surface area contributed by atoms with E-state index in [2.05, 4.69) is 20.8 Å². The van der Waals surface area contributed by atoms with Gasteiger partial charge in [-0.2, -0.15) is 0 Å². The van der Waals surface area contributed by atoms with Gasteiger partial charge >= 0.3 is 0 Å². The summed E-state index contributed by atoms with van der Waals surface area (Å²) >= 11 is 0. The van der Waals surface area contributed by atoms with E-state index in [4.69, 9.17) is 0 Å². The lowest BCUT2D eigenvalue weighted by Crippen LogP contribution is -2.26. The van der Waals surface area contributed by atoms with Crippen molar-refractivity contribution < 1.29 is 5.11 Å². The van der Waals surface area contributed by atoms with Gasteiger partial charge in [0, 0.05) is 0 Å². The molecule has 1 saturated carbocycles. The smallest absolute Gasteiger partial charge is 0.0616 e. The quantitative estimate of drug-likeness (QED) is 0.527. The molecule has 0 bridgehead atoms. The van der Waals surface area contributed by atoms with E-state index in [1.807, 2.05) is 0 Å². The fourth-order valence-electron chi connectivity index (χ4n) is 1.68. The van der Waals surface area contributed by atoms with Crippen LogP contribution < -0.4 is 0 Å². The third-order valence-electron chi connectivity index (χ3n) is 2.58. The maximum absolute atomic E-state index is 9.53. The van der Waals surface area contributed by atoms with E-state index in [0.29, 0.717) is 5.92 Å². The first-order chi connectivity index (χ1) is 4.04. The molecule has 2 atom stereocenters. The van der Waals surface area contributed by atoms with E-state index >= 15 is 0 Å². The van der Waals surface area contributed by atoms with Crippen LogP contribution in [0.15, 0.2) is 0 Å². The van der Waals surface area contributed by atoms with Gasteiger partial charge in [-0.3, -0.25) is 0 Å². The van der Waals surface area contributed by atoms with E-state index in [1.54, 1.807) is 0 Å². The molecule has 0 radical (unpaired) electrons. The summed E-state index contributed by atoms with van der Waals surface area (Å²) in [7, 11) is 0. The molecule has 0 aromatic heterocycles. The first-order valence-electron chi connectivity index (χ1n) is 3.72. The van der Waals surface area contributed by atoms with Gasteiger partial charge in [-0.05, 0) is 24.2 Å². The van der Waals surface area contributed by atoms with Crippen molar-refractivity contribution in [2.75, 3.05) is 0 Å². The Balaban J connectivity index is 2.62. The van der Waals surface area contributed by atoms with Crippen molar-refractivity contribution in [2.24, 2.45) is 11.3 Å². The lowest BCUT2D eigenvalue weighted by atomic mass is 9.88. The molecule has 1 N–H and O–H groups in total. The fraction of sp³-hybridized carbons (Fsp3) is 1.00. The van der Waals surface area contributed by atoms with Crippen molar-refractivity contribution in [1.82, 2.24) is 0 Å². The van der Waals surface area contributed by atoms with Gasteiger partial charge in [0.05, 0.1) is 6.10 Å². The van der Waals surface area contributed by atoms with Gasteiger partial charge < -0.3 is 5.11 Å². The molecule has 0 unspecified atom stereocenters. The predicted octanol–water partition coefficient (Wildman–Crippen LogP) is 1.80. The van der Waals surface area contributed by atoms with Crippen LogP contribution in [0.2, 0.25) is 0 Å². The maximum Gasteiger partial charge on any atom is 0.0616 e. The van der Waals surface area contributed by atoms with Crippen LogP contribution in [0.5, 0.6) is 0 Å². The molecule has 0 heterocycles. The summed E-state index contributed by atoms with van der Waals surface area (Å²) in [5, 5.41) is 9.53. The molecule has 0 saturated heterocycles. The van der Waals surface area contributed by atoms with Crippen LogP contribution in [0.1, 0.15) is 33.6 Å². The topological polar surface area (TPSA) is 20.2 Å². The van der Waals surface area contributed by atoms with Crippen molar-refractivity contribution in [2.45, 2.75) is 39.7 Å².